The molecule has 0 aromatic carbocycles. The van der Waals surface area contributed by atoms with Gasteiger partial charge in [-0.2, -0.15) is 0 Å². The van der Waals surface area contributed by atoms with E-state index in [4.69, 9.17) is 0 Å². The van der Waals surface area contributed by atoms with Crippen LogP contribution in [0.1, 0.15) is 58.8 Å². The first-order valence-electron chi connectivity index (χ1n) is 10.4. The van der Waals surface area contributed by atoms with E-state index in [2.05, 4.69) is 17.2 Å². The minimum absolute atomic E-state index is 0.00233. The average Bonchev–Trinajstić information content (AvgIpc) is 2.92. The Balaban J connectivity index is 1.74. The van der Waals surface area contributed by atoms with Gasteiger partial charge in [0.25, 0.3) is 0 Å². The quantitative estimate of drug-likeness (QED) is 0.271. The van der Waals surface area contributed by atoms with Crippen LogP contribution in [-0.4, -0.2) is 54.8 Å². The molecular weight excluding hydrogens is 376 g/mol. The molecule has 4 rings (SSSR count). The number of rotatable bonds is 2. The van der Waals surface area contributed by atoms with E-state index in [0.29, 0.717) is 18.6 Å². The molecule has 0 heterocycles. The van der Waals surface area contributed by atoms with Crippen LogP contribution >= 0.6 is 0 Å². The number of allylic oxidation sites excluding steroid dienone is 2. The smallest absolute Gasteiger partial charge is 0.356 e. The second-order valence-electron chi connectivity index (χ2n) is 9.85. The summed E-state index contributed by atoms with van der Waals surface area (Å²) in [4.78, 5) is 11.6. The number of fused-ring (bicyclic) bond motifs is 5. The lowest BCUT2D eigenvalue weighted by molar-refractivity contribution is -0.155. The lowest BCUT2D eigenvalue weighted by Gasteiger charge is -2.60. The topological polar surface area (TPSA) is 143 Å². The van der Waals surface area contributed by atoms with Gasteiger partial charge >= 0.3 is 5.97 Å². The van der Waals surface area contributed by atoms with Crippen LogP contribution in [0.15, 0.2) is 22.0 Å². The molecule has 3 fully saturated rings. The summed E-state index contributed by atoms with van der Waals surface area (Å²) in [5.74, 6) is -1.26. The molecule has 4 aliphatic rings. The van der Waals surface area contributed by atoms with Gasteiger partial charge in [-0.3, -0.25) is 0 Å². The van der Waals surface area contributed by atoms with E-state index in [9.17, 15) is 30.5 Å². The minimum atomic E-state index is -1.77. The number of hydrogen-bond donors (Lipinski definition) is 5. The van der Waals surface area contributed by atoms with Crippen LogP contribution in [0, 0.1) is 28.6 Å². The van der Waals surface area contributed by atoms with Gasteiger partial charge in [0.1, 0.15) is 5.60 Å². The lowest BCUT2D eigenvalue weighted by Crippen LogP contribution is -2.62. The highest BCUT2D eigenvalue weighted by molar-refractivity contribution is 6.39. The Morgan fingerprint density at radius 2 is 1.90 bits per heavy atom. The zero-order chi connectivity index (χ0) is 21.2. The number of carboxylic acids is 1. The van der Waals surface area contributed by atoms with Crippen molar-refractivity contribution in [1.29, 1.82) is 0 Å². The number of aliphatic carboxylic acids is 1. The summed E-state index contributed by atoms with van der Waals surface area (Å²) in [6, 6.07) is 0. The second-order valence-corrected chi connectivity index (χ2v) is 9.85. The number of aliphatic hydroxyl groups is 2. The van der Waals surface area contributed by atoms with Crippen molar-refractivity contribution < 1.29 is 30.5 Å². The number of carboxylic acid groups (broad SMARTS) is 1. The van der Waals surface area contributed by atoms with E-state index < -0.39 is 28.8 Å². The van der Waals surface area contributed by atoms with Crippen LogP contribution in [0.5, 0.6) is 0 Å². The highest BCUT2D eigenvalue weighted by atomic mass is 16.4. The number of oxime groups is 2. The largest absolute Gasteiger partial charge is 0.477 e. The van der Waals surface area contributed by atoms with Crippen molar-refractivity contribution in [3.63, 3.8) is 0 Å². The van der Waals surface area contributed by atoms with Crippen molar-refractivity contribution in [2.24, 2.45) is 38.9 Å². The number of carbonyl (C=O) groups is 1. The van der Waals surface area contributed by atoms with Crippen LogP contribution < -0.4 is 0 Å². The van der Waals surface area contributed by atoms with Crippen LogP contribution in [0.3, 0.4) is 0 Å². The maximum Gasteiger partial charge on any atom is 0.356 e. The van der Waals surface area contributed by atoms with Crippen molar-refractivity contribution in [2.45, 2.75) is 70.5 Å². The SMILES string of the molecule is C[C@]12CCC(=NO)C=C1CC[C@@H]1[C@@H]2[C@@H](O)C[C@@]2(C)[C@H]1CC[C@]2(O)C(=NO)C(=O)O. The first-order valence-corrected chi connectivity index (χ1v) is 10.4. The van der Waals surface area contributed by atoms with Gasteiger partial charge in [-0.05, 0) is 74.2 Å². The summed E-state index contributed by atoms with van der Waals surface area (Å²) < 4.78 is 0. The standard InChI is InChI=1S/C21H30N2O6/c1-19-7-5-12(22-28)9-11(19)3-4-13-14-6-8-21(27,17(23-29)18(25)26)20(14,2)10-15(24)16(13)19/h9,13-16,24,27-29H,3-8,10H2,1-2H3,(H,25,26)/t13-,14-,15-,16+,19-,20-,21-/m0/s1. The Morgan fingerprint density at radius 1 is 1.17 bits per heavy atom. The van der Waals surface area contributed by atoms with Gasteiger partial charge in [-0.15, -0.1) is 0 Å². The normalized spacial score (nSPS) is 48.5. The second kappa shape index (κ2) is 6.54. The molecule has 0 aromatic rings. The van der Waals surface area contributed by atoms with E-state index >= 15 is 0 Å². The van der Waals surface area contributed by atoms with Crippen LogP contribution in [0.25, 0.3) is 0 Å². The third kappa shape index (κ3) is 2.54. The third-order valence-corrected chi connectivity index (χ3v) is 8.89. The molecule has 0 amide bonds. The fraction of sp³-hybridized carbons (Fsp3) is 0.762. The molecular formula is C21H30N2O6. The first kappa shape index (κ1) is 20.3. The summed E-state index contributed by atoms with van der Waals surface area (Å²) in [6.07, 6.45) is 5.45. The van der Waals surface area contributed by atoms with Crippen molar-refractivity contribution >= 4 is 17.4 Å². The molecule has 7 atom stereocenters. The minimum Gasteiger partial charge on any atom is -0.477 e. The number of hydrogen-bond acceptors (Lipinski definition) is 7. The van der Waals surface area contributed by atoms with E-state index in [0.717, 1.165) is 19.3 Å². The van der Waals surface area contributed by atoms with Gasteiger partial charge in [-0.1, -0.05) is 29.7 Å². The summed E-state index contributed by atoms with van der Waals surface area (Å²) in [5, 5.41) is 57.0. The maximum absolute atomic E-state index is 11.6. The van der Waals surface area contributed by atoms with E-state index in [1.165, 1.54) is 5.57 Å². The summed E-state index contributed by atoms with van der Waals surface area (Å²) >= 11 is 0. The van der Waals surface area contributed by atoms with E-state index in [1.807, 2.05) is 13.0 Å². The first-order chi connectivity index (χ1) is 13.6. The van der Waals surface area contributed by atoms with Gasteiger partial charge in [0.05, 0.1) is 11.8 Å². The number of aliphatic hydroxyl groups excluding tert-OH is 1. The van der Waals surface area contributed by atoms with Crippen LogP contribution in [0.2, 0.25) is 0 Å². The lowest BCUT2D eigenvalue weighted by atomic mass is 9.45. The molecule has 4 aliphatic carbocycles. The zero-order valence-electron chi connectivity index (χ0n) is 16.9. The van der Waals surface area contributed by atoms with Crippen LogP contribution in [-0.2, 0) is 4.79 Å². The molecule has 0 aromatic heterocycles. The Bertz CT molecular complexity index is 822. The number of nitrogens with zero attached hydrogens (tertiary/aromatic N) is 2. The fourth-order valence-electron chi connectivity index (χ4n) is 7.47. The summed E-state index contributed by atoms with van der Waals surface area (Å²) in [6.45, 7) is 4.01. The van der Waals surface area contributed by atoms with Gasteiger partial charge in [-0.25, -0.2) is 4.79 Å². The molecule has 8 heteroatoms. The van der Waals surface area contributed by atoms with E-state index in [1.54, 1.807) is 0 Å². The molecule has 5 N–H and O–H groups in total. The molecule has 160 valence electrons. The molecule has 0 spiro atoms. The Hall–Kier alpha value is -1.93. The highest BCUT2D eigenvalue weighted by Crippen LogP contribution is 2.67. The Morgan fingerprint density at radius 3 is 2.52 bits per heavy atom. The van der Waals surface area contributed by atoms with Gasteiger partial charge < -0.3 is 25.7 Å². The molecule has 29 heavy (non-hydrogen) atoms. The summed E-state index contributed by atoms with van der Waals surface area (Å²) in [7, 11) is 0. The molecule has 0 unspecified atom stereocenters. The predicted molar refractivity (Wildman–Crippen MR) is 104 cm³/mol. The average molecular weight is 406 g/mol. The molecule has 3 saturated carbocycles. The van der Waals surface area contributed by atoms with Gasteiger partial charge in [0.15, 0.2) is 5.71 Å². The fourth-order valence-corrected chi connectivity index (χ4v) is 7.47. The monoisotopic (exact) mass is 406 g/mol. The molecule has 8 nitrogen and oxygen atoms in total. The third-order valence-electron chi connectivity index (χ3n) is 8.89. The van der Waals surface area contributed by atoms with Crippen molar-refractivity contribution in [3.05, 3.63) is 11.6 Å². The molecule has 0 saturated heterocycles. The molecule has 0 radical (unpaired) electrons. The molecule has 0 aliphatic heterocycles. The van der Waals surface area contributed by atoms with Crippen molar-refractivity contribution in [3.8, 4) is 0 Å². The predicted octanol–water partition coefficient (Wildman–Crippen LogP) is 2.40. The Kier molecular flexibility index (Phi) is 4.59. The van der Waals surface area contributed by atoms with Crippen molar-refractivity contribution in [2.75, 3.05) is 0 Å². The molecule has 0 bridgehead atoms. The van der Waals surface area contributed by atoms with Crippen molar-refractivity contribution in [1.82, 2.24) is 0 Å². The van der Waals surface area contributed by atoms with Gasteiger partial charge in [0, 0.05) is 5.41 Å². The van der Waals surface area contributed by atoms with E-state index in [-0.39, 0.29) is 36.0 Å². The summed E-state index contributed by atoms with van der Waals surface area (Å²) in [5.41, 5.74) is -1.61. The van der Waals surface area contributed by atoms with Gasteiger partial charge in [0.2, 0.25) is 0 Å². The Labute approximate surface area is 169 Å². The maximum atomic E-state index is 11.6. The highest BCUT2D eigenvalue weighted by Gasteiger charge is 2.68. The zero-order valence-corrected chi connectivity index (χ0v) is 16.9. The van der Waals surface area contributed by atoms with Crippen LogP contribution in [0.4, 0.5) is 0 Å².